The Morgan fingerprint density at radius 2 is 1.70 bits per heavy atom. The number of sulfonamides is 1. The Morgan fingerprint density at radius 3 is 2.39 bits per heavy atom. The summed E-state index contributed by atoms with van der Waals surface area (Å²) in [6.45, 7) is 2.58. The van der Waals surface area contributed by atoms with Crippen LogP contribution in [0.15, 0.2) is 83.8 Å². The molecule has 3 aromatic rings. The quantitative estimate of drug-likeness (QED) is 0.540. The van der Waals surface area contributed by atoms with Crippen LogP contribution in [0.5, 0.6) is 0 Å². The van der Waals surface area contributed by atoms with Crippen molar-refractivity contribution in [2.24, 2.45) is 5.92 Å². The smallest absolute Gasteiger partial charge is 0.243 e. The maximum Gasteiger partial charge on any atom is 0.243 e. The standard InChI is InChI=1S/C26H27ClN2O3S/c1-19-7-5-10-21(17-19)25(20-8-3-2-4-9-20)28-26(30)22-11-6-16-29(18-22)33(31,32)24-14-12-23(27)13-15-24/h2-5,7-10,12-15,17,22,25H,6,11,16,18H2,1H3,(H,28,30)/t22-,25+/m0/s1. The van der Waals surface area contributed by atoms with Gasteiger partial charge >= 0.3 is 0 Å². The molecule has 1 amide bonds. The summed E-state index contributed by atoms with van der Waals surface area (Å²) in [6.07, 6.45) is 1.28. The highest BCUT2D eigenvalue weighted by Crippen LogP contribution is 2.27. The zero-order chi connectivity index (χ0) is 23.4. The van der Waals surface area contributed by atoms with Gasteiger partial charge in [0.25, 0.3) is 0 Å². The van der Waals surface area contributed by atoms with Crippen LogP contribution >= 0.6 is 11.6 Å². The average Bonchev–Trinajstić information content (AvgIpc) is 2.83. The third-order valence-corrected chi connectivity index (χ3v) is 8.13. The number of nitrogens with one attached hydrogen (secondary N) is 1. The minimum Gasteiger partial charge on any atom is -0.345 e. The Balaban J connectivity index is 1.54. The van der Waals surface area contributed by atoms with E-state index in [2.05, 4.69) is 11.4 Å². The summed E-state index contributed by atoms with van der Waals surface area (Å²) >= 11 is 5.91. The Labute approximate surface area is 200 Å². The first-order valence-corrected chi connectivity index (χ1v) is 12.8. The topological polar surface area (TPSA) is 66.5 Å². The molecule has 4 rings (SSSR count). The second kappa shape index (κ2) is 10.1. The Morgan fingerprint density at radius 1 is 1.00 bits per heavy atom. The van der Waals surface area contributed by atoms with Crippen LogP contribution in [0.1, 0.15) is 35.6 Å². The Kier molecular flexibility index (Phi) is 7.17. The first kappa shape index (κ1) is 23.5. The molecule has 0 aliphatic carbocycles. The van der Waals surface area contributed by atoms with E-state index in [1.165, 1.54) is 16.4 Å². The van der Waals surface area contributed by atoms with Crippen molar-refractivity contribution in [3.63, 3.8) is 0 Å². The van der Waals surface area contributed by atoms with Gasteiger partial charge in [0.15, 0.2) is 0 Å². The van der Waals surface area contributed by atoms with Crippen LogP contribution in [0.25, 0.3) is 0 Å². The van der Waals surface area contributed by atoms with Gasteiger partial charge in [-0.05, 0) is 55.2 Å². The summed E-state index contributed by atoms with van der Waals surface area (Å²) in [5.74, 6) is -0.557. The third kappa shape index (κ3) is 5.46. The Hall–Kier alpha value is -2.67. The van der Waals surface area contributed by atoms with Crippen LogP contribution in [-0.4, -0.2) is 31.7 Å². The van der Waals surface area contributed by atoms with Crippen LogP contribution in [0.3, 0.4) is 0 Å². The molecular formula is C26H27ClN2O3S. The van der Waals surface area contributed by atoms with Crippen LogP contribution in [0.4, 0.5) is 0 Å². The molecule has 3 aromatic carbocycles. The molecule has 5 nitrogen and oxygen atoms in total. The van der Waals surface area contributed by atoms with Crippen LogP contribution in [0, 0.1) is 12.8 Å². The predicted octanol–water partition coefficient (Wildman–Crippen LogP) is 4.95. The summed E-state index contributed by atoms with van der Waals surface area (Å²) in [7, 11) is -3.69. The van der Waals surface area contributed by atoms with E-state index in [4.69, 9.17) is 11.6 Å². The molecule has 7 heteroatoms. The van der Waals surface area contributed by atoms with Crippen molar-refractivity contribution in [1.29, 1.82) is 0 Å². The van der Waals surface area contributed by atoms with Crippen molar-refractivity contribution < 1.29 is 13.2 Å². The number of benzene rings is 3. The summed E-state index contributed by atoms with van der Waals surface area (Å²) in [6, 6.07) is 23.7. The van der Waals surface area contributed by atoms with Crippen LogP contribution in [-0.2, 0) is 14.8 Å². The lowest BCUT2D eigenvalue weighted by atomic mass is 9.94. The van der Waals surface area contributed by atoms with Crippen molar-refractivity contribution in [3.8, 4) is 0 Å². The van der Waals surface area contributed by atoms with Gasteiger partial charge in [0.2, 0.25) is 15.9 Å². The summed E-state index contributed by atoms with van der Waals surface area (Å²) in [5, 5.41) is 3.67. The monoisotopic (exact) mass is 482 g/mol. The molecule has 1 aliphatic heterocycles. The first-order chi connectivity index (χ1) is 15.8. The molecule has 1 heterocycles. The van der Waals surface area contributed by atoms with Crippen molar-refractivity contribution in [3.05, 3.63) is 101 Å². The highest BCUT2D eigenvalue weighted by atomic mass is 35.5. The van der Waals surface area contributed by atoms with Gasteiger partial charge in [0, 0.05) is 18.1 Å². The van der Waals surface area contributed by atoms with Gasteiger partial charge < -0.3 is 5.32 Å². The molecule has 0 spiro atoms. The van der Waals surface area contributed by atoms with E-state index in [1.807, 2.05) is 55.5 Å². The zero-order valence-corrected chi connectivity index (χ0v) is 20.0. The number of carbonyl (C=O) groups is 1. The van der Waals surface area contributed by atoms with E-state index >= 15 is 0 Å². The van der Waals surface area contributed by atoms with E-state index in [0.29, 0.717) is 24.4 Å². The molecule has 0 aromatic heterocycles. The van der Waals surface area contributed by atoms with Gasteiger partial charge in [-0.2, -0.15) is 4.31 Å². The van der Waals surface area contributed by atoms with E-state index in [9.17, 15) is 13.2 Å². The third-order valence-electron chi connectivity index (χ3n) is 6.00. The van der Waals surface area contributed by atoms with Crippen molar-refractivity contribution in [1.82, 2.24) is 9.62 Å². The molecule has 1 saturated heterocycles. The van der Waals surface area contributed by atoms with Crippen LogP contribution < -0.4 is 5.32 Å². The van der Waals surface area contributed by atoms with E-state index in [-0.39, 0.29) is 23.4 Å². The number of hydrogen-bond acceptors (Lipinski definition) is 3. The van der Waals surface area contributed by atoms with Crippen molar-refractivity contribution in [2.75, 3.05) is 13.1 Å². The lowest BCUT2D eigenvalue weighted by Crippen LogP contribution is -2.46. The molecule has 172 valence electrons. The Bertz CT molecular complexity index is 1210. The molecular weight excluding hydrogens is 456 g/mol. The summed E-state index contributed by atoms with van der Waals surface area (Å²) in [5.41, 5.74) is 3.09. The average molecular weight is 483 g/mol. The van der Waals surface area contributed by atoms with Crippen molar-refractivity contribution in [2.45, 2.75) is 30.7 Å². The first-order valence-electron chi connectivity index (χ1n) is 11.0. The molecule has 0 saturated carbocycles. The largest absolute Gasteiger partial charge is 0.345 e. The number of hydrogen-bond donors (Lipinski definition) is 1. The number of rotatable bonds is 6. The van der Waals surface area contributed by atoms with E-state index < -0.39 is 15.9 Å². The minimum absolute atomic E-state index is 0.138. The van der Waals surface area contributed by atoms with Gasteiger partial charge in [-0.3, -0.25) is 4.79 Å². The molecule has 0 radical (unpaired) electrons. The fraction of sp³-hybridized carbons (Fsp3) is 0.269. The van der Waals surface area contributed by atoms with E-state index in [1.54, 1.807) is 12.1 Å². The van der Waals surface area contributed by atoms with Crippen molar-refractivity contribution >= 4 is 27.5 Å². The van der Waals surface area contributed by atoms with Gasteiger partial charge in [-0.15, -0.1) is 0 Å². The molecule has 1 fully saturated rings. The minimum atomic E-state index is -3.69. The van der Waals surface area contributed by atoms with Gasteiger partial charge in [0.1, 0.15) is 0 Å². The molecule has 1 N–H and O–H groups in total. The maximum atomic E-state index is 13.3. The number of amides is 1. The fourth-order valence-corrected chi connectivity index (χ4v) is 5.89. The molecule has 1 aliphatic rings. The lowest BCUT2D eigenvalue weighted by Gasteiger charge is -2.32. The maximum absolute atomic E-state index is 13.3. The highest BCUT2D eigenvalue weighted by molar-refractivity contribution is 7.89. The fourth-order valence-electron chi connectivity index (χ4n) is 4.24. The number of nitrogens with zero attached hydrogens (tertiary/aromatic N) is 1. The summed E-state index contributed by atoms with van der Waals surface area (Å²) < 4.78 is 27.7. The number of aryl methyl sites for hydroxylation is 1. The SMILES string of the molecule is Cc1cccc([C@H](NC(=O)[C@H]2CCCN(S(=O)(=O)c3ccc(Cl)cc3)C2)c2ccccc2)c1. The van der Waals surface area contributed by atoms with Gasteiger partial charge in [-0.25, -0.2) is 8.42 Å². The second-order valence-corrected chi connectivity index (χ2v) is 10.8. The van der Waals surface area contributed by atoms with E-state index in [0.717, 1.165) is 16.7 Å². The zero-order valence-electron chi connectivity index (χ0n) is 18.4. The highest BCUT2D eigenvalue weighted by Gasteiger charge is 2.34. The molecule has 0 unspecified atom stereocenters. The van der Waals surface area contributed by atoms with Crippen LogP contribution in [0.2, 0.25) is 5.02 Å². The number of piperidine rings is 1. The molecule has 33 heavy (non-hydrogen) atoms. The second-order valence-electron chi connectivity index (χ2n) is 8.42. The predicted molar refractivity (Wildman–Crippen MR) is 131 cm³/mol. The molecule has 2 atom stereocenters. The number of carbonyl (C=O) groups excluding carboxylic acids is 1. The molecule has 0 bridgehead atoms. The normalized spacial score (nSPS) is 17.9. The van der Waals surface area contributed by atoms with Gasteiger partial charge in [0.05, 0.1) is 16.9 Å². The number of halogens is 1. The summed E-state index contributed by atoms with van der Waals surface area (Å²) in [4.78, 5) is 13.5. The van der Waals surface area contributed by atoms with Gasteiger partial charge in [-0.1, -0.05) is 71.8 Å². The lowest BCUT2D eigenvalue weighted by molar-refractivity contribution is -0.126.